The van der Waals surface area contributed by atoms with E-state index in [4.69, 9.17) is 5.26 Å². The van der Waals surface area contributed by atoms with Crippen LogP contribution in [0.15, 0.2) is 12.2 Å². The molecule has 0 aromatic heterocycles. The average molecular weight is 137 g/mol. The molecule has 0 bridgehead atoms. The molecule has 1 aliphatic rings. The van der Waals surface area contributed by atoms with Crippen LogP contribution in [0, 0.1) is 16.7 Å². The molecule has 0 saturated heterocycles. The Morgan fingerprint density at radius 1 is 1.80 bits per heavy atom. The van der Waals surface area contributed by atoms with Gasteiger partial charge in [0.1, 0.15) is 0 Å². The largest absolute Gasteiger partial charge is 0.464 e. The molecule has 0 radical (unpaired) electrons. The molecule has 52 valence electrons. The molecule has 0 saturated carbocycles. The maximum absolute atomic E-state index is 10.9. The highest BCUT2D eigenvalue weighted by Crippen LogP contribution is 2.34. The van der Waals surface area contributed by atoms with Gasteiger partial charge in [0.2, 0.25) is 0 Å². The lowest BCUT2D eigenvalue weighted by Gasteiger charge is -2.03. The molecule has 0 aliphatic heterocycles. The first-order valence-corrected chi connectivity index (χ1v) is 3.04. The van der Waals surface area contributed by atoms with Gasteiger partial charge in [0.15, 0.2) is 5.41 Å². The summed E-state index contributed by atoms with van der Waals surface area (Å²) in [5.74, 6) is -0.461. The average Bonchev–Trinajstić information content (AvgIpc) is 2.68. The number of nitriles is 1. The van der Waals surface area contributed by atoms with Gasteiger partial charge in [-0.05, 0) is 6.92 Å². The lowest BCUT2D eigenvalue weighted by molar-refractivity contribution is -0.146. The van der Waals surface area contributed by atoms with Crippen molar-refractivity contribution in [3.05, 3.63) is 12.2 Å². The van der Waals surface area contributed by atoms with Crippen molar-refractivity contribution in [2.24, 2.45) is 5.41 Å². The fourth-order valence-electron chi connectivity index (χ4n) is 0.590. The maximum Gasteiger partial charge on any atom is 0.334 e. The molecule has 0 aromatic carbocycles. The van der Waals surface area contributed by atoms with Crippen LogP contribution in [0.5, 0.6) is 0 Å². The van der Waals surface area contributed by atoms with Gasteiger partial charge in [-0.25, -0.2) is 4.79 Å². The van der Waals surface area contributed by atoms with E-state index in [1.54, 1.807) is 6.92 Å². The Labute approximate surface area is 58.9 Å². The number of ether oxygens (including phenoxy) is 1. The predicted molar refractivity (Wildman–Crippen MR) is 33.8 cm³/mol. The summed E-state index contributed by atoms with van der Waals surface area (Å²) >= 11 is 0. The third-order valence-electron chi connectivity index (χ3n) is 1.30. The molecule has 1 rings (SSSR count). The smallest absolute Gasteiger partial charge is 0.334 e. The van der Waals surface area contributed by atoms with Crippen LogP contribution < -0.4 is 0 Å². The SMILES string of the molecule is CCOC(=O)C1(C#N)C=C1. The third-order valence-corrected chi connectivity index (χ3v) is 1.30. The minimum Gasteiger partial charge on any atom is -0.464 e. The van der Waals surface area contributed by atoms with Crippen molar-refractivity contribution in [1.29, 1.82) is 5.26 Å². The molecule has 0 fully saturated rings. The van der Waals surface area contributed by atoms with Gasteiger partial charge in [0.25, 0.3) is 0 Å². The van der Waals surface area contributed by atoms with Gasteiger partial charge in [-0.2, -0.15) is 5.26 Å². The second-order valence-corrected chi connectivity index (χ2v) is 2.03. The van der Waals surface area contributed by atoms with E-state index in [0.717, 1.165) is 0 Å². The zero-order valence-electron chi connectivity index (χ0n) is 5.63. The number of esters is 1. The van der Waals surface area contributed by atoms with Crippen LogP contribution in [0.1, 0.15) is 6.92 Å². The quantitative estimate of drug-likeness (QED) is 0.414. The van der Waals surface area contributed by atoms with Gasteiger partial charge >= 0.3 is 5.97 Å². The first kappa shape index (κ1) is 6.81. The van der Waals surface area contributed by atoms with Crippen molar-refractivity contribution in [2.75, 3.05) is 6.61 Å². The van der Waals surface area contributed by atoms with Gasteiger partial charge < -0.3 is 4.74 Å². The summed E-state index contributed by atoms with van der Waals surface area (Å²) in [5.41, 5.74) is -1.00. The van der Waals surface area contributed by atoms with Crippen LogP contribution in [0.2, 0.25) is 0 Å². The van der Waals surface area contributed by atoms with Gasteiger partial charge in [-0.15, -0.1) is 0 Å². The summed E-state index contributed by atoms with van der Waals surface area (Å²) in [6, 6.07) is 1.85. The van der Waals surface area contributed by atoms with Crippen molar-refractivity contribution in [2.45, 2.75) is 6.92 Å². The molecule has 0 unspecified atom stereocenters. The Bertz CT molecular complexity index is 218. The Hall–Kier alpha value is -1.30. The van der Waals surface area contributed by atoms with Gasteiger partial charge in [-0.3, -0.25) is 0 Å². The topological polar surface area (TPSA) is 50.1 Å². The van der Waals surface area contributed by atoms with E-state index in [1.165, 1.54) is 12.2 Å². The van der Waals surface area contributed by atoms with E-state index in [-0.39, 0.29) is 0 Å². The summed E-state index contributed by atoms with van der Waals surface area (Å²) in [6.07, 6.45) is 3.07. The van der Waals surface area contributed by atoms with Gasteiger partial charge in [-0.1, -0.05) is 12.2 Å². The molecular weight excluding hydrogens is 130 g/mol. The van der Waals surface area contributed by atoms with Gasteiger partial charge in [0.05, 0.1) is 12.7 Å². The van der Waals surface area contributed by atoms with Crippen molar-refractivity contribution >= 4 is 5.97 Å². The van der Waals surface area contributed by atoms with Crippen molar-refractivity contribution in [3.8, 4) is 6.07 Å². The Kier molecular flexibility index (Phi) is 1.46. The molecular formula is C7H7NO2. The highest BCUT2D eigenvalue weighted by atomic mass is 16.5. The molecule has 0 aromatic rings. The molecule has 0 atom stereocenters. The molecule has 0 heterocycles. The number of hydrogen-bond donors (Lipinski definition) is 0. The standard InChI is InChI=1S/C7H7NO2/c1-2-10-6(9)7(5-8)3-4-7/h3-4H,2H2,1H3. The van der Waals surface area contributed by atoms with E-state index < -0.39 is 11.4 Å². The van der Waals surface area contributed by atoms with Crippen LogP contribution in [0.3, 0.4) is 0 Å². The molecule has 10 heavy (non-hydrogen) atoms. The van der Waals surface area contributed by atoms with Crippen molar-refractivity contribution in [3.63, 3.8) is 0 Å². The highest BCUT2D eigenvalue weighted by molar-refractivity contribution is 5.89. The Morgan fingerprint density at radius 3 is 2.70 bits per heavy atom. The summed E-state index contributed by atoms with van der Waals surface area (Å²) in [7, 11) is 0. The minimum absolute atomic E-state index is 0.323. The fourth-order valence-corrected chi connectivity index (χ4v) is 0.590. The van der Waals surface area contributed by atoms with Crippen LogP contribution in [0.25, 0.3) is 0 Å². The number of carbonyl (C=O) groups excluding carboxylic acids is 1. The minimum atomic E-state index is -1.00. The van der Waals surface area contributed by atoms with Crippen LogP contribution in [-0.4, -0.2) is 12.6 Å². The number of rotatable bonds is 2. The lowest BCUT2D eigenvalue weighted by Crippen LogP contribution is -2.18. The van der Waals surface area contributed by atoms with E-state index in [9.17, 15) is 4.79 Å². The van der Waals surface area contributed by atoms with Gasteiger partial charge in [0, 0.05) is 0 Å². The molecule has 0 spiro atoms. The van der Waals surface area contributed by atoms with Crippen molar-refractivity contribution in [1.82, 2.24) is 0 Å². The third kappa shape index (κ3) is 0.883. The monoisotopic (exact) mass is 137 g/mol. The van der Waals surface area contributed by atoms with E-state index in [0.29, 0.717) is 6.61 Å². The molecule has 3 heteroatoms. The maximum atomic E-state index is 10.9. The summed E-state index contributed by atoms with van der Waals surface area (Å²) in [5, 5.41) is 8.44. The van der Waals surface area contributed by atoms with E-state index >= 15 is 0 Å². The second-order valence-electron chi connectivity index (χ2n) is 2.03. The van der Waals surface area contributed by atoms with Crippen LogP contribution in [0.4, 0.5) is 0 Å². The Morgan fingerprint density at radius 2 is 2.40 bits per heavy atom. The zero-order chi connectivity index (χ0) is 7.61. The zero-order valence-corrected chi connectivity index (χ0v) is 5.63. The Balaban J connectivity index is 2.51. The first-order chi connectivity index (χ1) is 4.75. The normalized spacial score (nSPS) is 17.6. The molecule has 1 aliphatic carbocycles. The van der Waals surface area contributed by atoms with E-state index in [1.807, 2.05) is 6.07 Å². The van der Waals surface area contributed by atoms with Crippen molar-refractivity contribution < 1.29 is 9.53 Å². The molecule has 0 amide bonds. The number of hydrogen-bond acceptors (Lipinski definition) is 3. The lowest BCUT2D eigenvalue weighted by atomic mass is 10.1. The number of nitrogens with zero attached hydrogens (tertiary/aromatic N) is 1. The highest BCUT2D eigenvalue weighted by Gasteiger charge is 2.44. The summed E-state index contributed by atoms with van der Waals surface area (Å²) < 4.78 is 4.64. The van der Waals surface area contributed by atoms with Crippen LogP contribution in [-0.2, 0) is 9.53 Å². The summed E-state index contributed by atoms with van der Waals surface area (Å²) in [6.45, 7) is 2.04. The predicted octanol–water partition coefficient (Wildman–Crippen LogP) is 0.629. The first-order valence-electron chi connectivity index (χ1n) is 3.04. The van der Waals surface area contributed by atoms with E-state index in [2.05, 4.69) is 4.74 Å². The second kappa shape index (κ2) is 2.14. The summed E-state index contributed by atoms with van der Waals surface area (Å²) in [4.78, 5) is 10.9. The molecule has 3 nitrogen and oxygen atoms in total. The fraction of sp³-hybridized carbons (Fsp3) is 0.429. The molecule has 0 N–H and O–H groups in total. The number of carbonyl (C=O) groups is 1. The van der Waals surface area contributed by atoms with Crippen LogP contribution >= 0.6 is 0 Å².